The lowest BCUT2D eigenvalue weighted by Crippen LogP contribution is -2.07. The molecule has 0 radical (unpaired) electrons. The Kier molecular flexibility index (Phi) is 8.40. The van der Waals surface area contributed by atoms with Gasteiger partial charge in [0.25, 0.3) is 0 Å². The lowest BCUT2D eigenvalue weighted by Gasteiger charge is -2.25. The topological polar surface area (TPSA) is 15.3 Å². The van der Waals surface area contributed by atoms with Gasteiger partial charge in [0, 0.05) is 29.0 Å². The monoisotopic (exact) mass is 392 g/mol. The molecule has 1 N–H and O–H groups in total. The van der Waals surface area contributed by atoms with Crippen molar-refractivity contribution < 1.29 is 0 Å². The van der Waals surface area contributed by atoms with Crippen LogP contribution < -0.4 is 8.43 Å². The standard InChI is InChI=1S/C20H28N2S3/c1-6-16-15(4)19(21-23-5)14-13-17(16)18-11-9-10-12-20(18)22(24-7-2)25-8-3/h9-14,21H,6-8H2,1-5H3. The molecular formula is C20H28N2S3. The van der Waals surface area contributed by atoms with E-state index in [9.17, 15) is 0 Å². The van der Waals surface area contributed by atoms with Crippen LogP contribution in [0.3, 0.4) is 0 Å². The maximum atomic E-state index is 3.41. The molecule has 2 nitrogen and oxygen atoms in total. The molecule has 0 saturated carbocycles. The normalized spacial score (nSPS) is 10.8. The lowest BCUT2D eigenvalue weighted by molar-refractivity contribution is 1.11. The number of benzene rings is 2. The summed E-state index contributed by atoms with van der Waals surface area (Å²) in [6.45, 7) is 8.89. The van der Waals surface area contributed by atoms with Crippen LogP contribution in [0.2, 0.25) is 0 Å². The van der Waals surface area contributed by atoms with E-state index in [0.29, 0.717) is 0 Å². The molecule has 0 heterocycles. The SMILES string of the molecule is CCSN(SCC)c1ccccc1-c1ccc(NSC)c(C)c1CC. The summed E-state index contributed by atoms with van der Waals surface area (Å²) in [6, 6.07) is 13.3. The molecule has 0 amide bonds. The Bertz CT molecular complexity index is 683. The summed E-state index contributed by atoms with van der Waals surface area (Å²) in [6.07, 6.45) is 3.09. The van der Waals surface area contributed by atoms with Gasteiger partial charge in [-0.1, -0.05) is 57.0 Å². The highest BCUT2D eigenvalue weighted by atomic mass is 32.2. The number of rotatable bonds is 9. The Morgan fingerprint density at radius 2 is 1.60 bits per heavy atom. The molecule has 0 aliphatic carbocycles. The lowest BCUT2D eigenvalue weighted by atomic mass is 9.92. The average Bonchev–Trinajstić information content (AvgIpc) is 2.63. The van der Waals surface area contributed by atoms with E-state index < -0.39 is 0 Å². The van der Waals surface area contributed by atoms with E-state index in [1.54, 1.807) is 11.9 Å². The van der Waals surface area contributed by atoms with Gasteiger partial charge in [-0.15, -0.1) is 0 Å². The zero-order chi connectivity index (χ0) is 18.2. The van der Waals surface area contributed by atoms with Gasteiger partial charge in [0.15, 0.2) is 0 Å². The first-order chi connectivity index (χ1) is 12.2. The van der Waals surface area contributed by atoms with Crippen LogP contribution in [0.4, 0.5) is 11.4 Å². The fraction of sp³-hybridized carbons (Fsp3) is 0.400. The zero-order valence-corrected chi connectivity index (χ0v) is 18.2. The van der Waals surface area contributed by atoms with E-state index in [1.807, 2.05) is 23.9 Å². The predicted octanol–water partition coefficient (Wildman–Crippen LogP) is 7.06. The van der Waals surface area contributed by atoms with Gasteiger partial charge < -0.3 is 4.72 Å². The molecule has 25 heavy (non-hydrogen) atoms. The second-order valence-corrected chi connectivity index (χ2v) is 8.78. The largest absolute Gasteiger partial charge is 0.330 e. The van der Waals surface area contributed by atoms with Crippen molar-refractivity contribution in [2.75, 3.05) is 26.2 Å². The summed E-state index contributed by atoms with van der Waals surface area (Å²) >= 11 is 5.39. The van der Waals surface area contributed by atoms with Crippen LogP contribution in [-0.2, 0) is 6.42 Å². The number of hydrogen-bond acceptors (Lipinski definition) is 5. The summed E-state index contributed by atoms with van der Waals surface area (Å²) in [5.41, 5.74) is 7.95. The third kappa shape index (κ3) is 4.83. The molecule has 5 heteroatoms. The van der Waals surface area contributed by atoms with Crippen molar-refractivity contribution in [1.29, 1.82) is 0 Å². The third-order valence-corrected chi connectivity index (χ3v) is 6.48. The first-order valence-electron chi connectivity index (χ1n) is 8.74. The van der Waals surface area contributed by atoms with Crippen molar-refractivity contribution in [2.24, 2.45) is 0 Å². The molecule has 0 aromatic heterocycles. The molecular weight excluding hydrogens is 364 g/mol. The molecule has 0 unspecified atom stereocenters. The maximum absolute atomic E-state index is 3.41. The smallest absolute Gasteiger partial charge is 0.0672 e. The van der Waals surface area contributed by atoms with Crippen LogP contribution in [0.15, 0.2) is 36.4 Å². The molecule has 2 rings (SSSR count). The Labute approximate surface area is 165 Å². The Morgan fingerprint density at radius 3 is 2.20 bits per heavy atom. The minimum absolute atomic E-state index is 1.03. The first-order valence-corrected chi connectivity index (χ1v) is 11.9. The molecule has 0 bridgehead atoms. The van der Waals surface area contributed by atoms with E-state index in [2.05, 4.69) is 78.8 Å². The molecule has 2 aromatic carbocycles. The Balaban J connectivity index is 2.57. The van der Waals surface area contributed by atoms with Gasteiger partial charge in [-0.05, 0) is 66.1 Å². The number of nitrogens with zero attached hydrogens (tertiary/aromatic N) is 1. The van der Waals surface area contributed by atoms with E-state index in [-0.39, 0.29) is 0 Å². The second kappa shape index (κ2) is 10.3. The predicted molar refractivity (Wildman–Crippen MR) is 122 cm³/mol. The van der Waals surface area contributed by atoms with E-state index in [0.717, 1.165) is 17.9 Å². The molecule has 0 aliphatic rings. The second-order valence-electron chi connectivity index (χ2n) is 5.53. The van der Waals surface area contributed by atoms with Crippen LogP contribution in [0.1, 0.15) is 31.9 Å². The number of nitrogens with one attached hydrogen (secondary N) is 1. The van der Waals surface area contributed by atoms with E-state index in [1.165, 1.54) is 33.6 Å². The van der Waals surface area contributed by atoms with Crippen molar-refractivity contribution in [3.8, 4) is 11.1 Å². The number of hydrogen-bond donors (Lipinski definition) is 1. The van der Waals surface area contributed by atoms with Gasteiger partial charge in [-0.25, -0.2) is 0 Å². The summed E-state index contributed by atoms with van der Waals surface area (Å²) in [4.78, 5) is 0. The molecule has 136 valence electrons. The van der Waals surface area contributed by atoms with E-state index >= 15 is 0 Å². The Hall–Kier alpha value is -0.910. The minimum atomic E-state index is 1.03. The highest BCUT2D eigenvalue weighted by molar-refractivity contribution is 8.18. The summed E-state index contributed by atoms with van der Waals surface area (Å²) < 4.78 is 5.78. The van der Waals surface area contributed by atoms with Crippen LogP contribution in [0, 0.1) is 6.92 Å². The van der Waals surface area contributed by atoms with Crippen molar-refractivity contribution in [3.05, 3.63) is 47.5 Å². The van der Waals surface area contributed by atoms with Crippen LogP contribution in [0.5, 0.6) is 0 Å². The van der Waals surface area contributed by atoms with Crippen molar-refractivity contribution in [3.63, 3.8) is 0 Å². The van der Waals surface area contributed by atoms with Crippen molar-refractivity contribution in [1.82, 2.24) is 0 Å². The fourth-order valence-electron chi connectivity index (χ4n) is 2.96. The van der Waals surface area contributed by atoms with Gasteiger partial charge in [0.05, 0.1) is 5.69 Å². The fourth-order valence-corrected chi connectivity index (χ4v) is 5.39. The van der Waals surface area contributed by atoms with Gasteiger partial charge in [-0.2, -0.15) is 0 Å². The highest BCUT2D eigenvalue weighted by Gasteiger charge is 2.17. The minimum Gasteiger partial charge on any atom is -0.330 e. The van der Waals surface area contributed by atoms with Crippen LogP contribution >= 0.6 is 35.8 Å². The molecule has 2 aromatic rings. The van der Waals surface area contributed by atoms with Crippen LogP contribution in [0.25, 0.3) is 11.1 Å². The van der Waals surface area contributed by atoms with E-state index in [4.69, 9.17) is 0 Å². The maximum Gasteiger partial charge on any atom is 0.0672 e. The van der Waals surface area contributed by atoms with Crippen molar-refractivity contribution >= 4 is 47.2 Å². The van der Waals surface area contributed by atoms with Gasteiger partial charge >= 0.3 is 0 Å². The van der Waals surface area contributed by atoms with Crippen LogP contribution in [-0.4, -0.2) is 17.8 Å². The molecule has 0 saturated heterocycles. The first kappa shape index (κ1) is 20.4. The zero-order valence-electron chi connectivity index (χ0n) is 15.8. The van der Waals surface area contributed by atoms with Gasteiger partial charge in [0.1, 0.15) is 0 Å². The van der Waals surface area contributed by atoms with Gasteiger partial charge in [-0.3, -0.25) is 3.71 Å². The summed E-state index contributed by atoms with van der Waals surface area (Å²) in [7, 11) is 0. The average molecular weight is 393 g/mol. The molecule has 0 aliphatic heterocycles. The highest BCUT2D eigenvalue weighted by Crippen LogP contribution is 2.41. The summed E-state index contributed by atoms with van der Waals surface area (Å²) in [5.74, 6) is 2.13. The quantitative estimate of drug-likeness (QED) is 0.458. The molecule has 0 fully saturated rings. The number of anilines is 2. The number of para-hydroxylation sites is 1. The van der Waals surface area contributed by atoms with Crippen molar-refractivity contribution in [2.45, 2.75) is 34.1 Å². The third-order valence-electron chi connectivity index (χ3n) is 4.05. The summed E-state index contributed by atoms with van der Waals surface area (Å²) in [5, 5.41) is 0. The molecule has 0 atom stereocenters. The molecule has 0 spiro atoms. The Morgan fingerprint density at radius 1 is 0.920 bits per heavy atom. The van der Waals surface area contributed by atoms with Gasteiger partial charge in [0.2, 0.25) is 0 Å².